The monoisotopic (exact) mass is 255 g/mol. The van der Waals surface area contributed by atoms with Gasteiger partial charge in [0.1, 0.15) is 5.69 Å². The van der Waals surface area contributed by atoms with Crippen molar-refractivity contribution < 1.29 is 4.57 Å². The van der Waals surface area contributed by atoms with E-state index in [2.05, 4.69) is 15.1 Å². The molecule has 0 amide bonds. The average molecular weight is 255 g/mol. The zero-order valence-corrected chi connectivity index (χ0v) is 11.8. The summed E-state index contributed by atoms with van der Waals surface area (Å²) in [5.41, 5.74) is 3.12. The lowest BCUT2D eigenvalue weighted by Crippen LogP contribution is -2.27. The molecule has 0 unspecified atom stereocenters. The average Bonchev–Trinajstić information content (AvgIpc) is 2.38. The maximum atomic E-state index is 4.32. The van der Waals surface area contributed by atoms with Crippen LogP contribution in [-0.2, 0) is 7.05 Å². The van der Waals surface area contributed by atoms with Gasteiger partial charge < -0.3 is 4.90 Å². The molecule has 0 aliphatic carbocycles. The van der Waals surface area contributed by atoms with Crippen LogP contribution in [0, 0.1) is 6.92 Å². The first kappa shape index (κ1) is 13.2. The van der Waals surface area contributed by atoms with Crippen molar-refractivity contribution in [3.8, 4) is 0 Å². The normalized spacial score (nSPS) is 10.9. The molecule has 4 heteroatoms. The van der Waals surface area contributed by atoms with Gasteiger partial charge >= 0.3 is 5.82 Å². The second-order valence-electron chi connectivity index (χ2n) is 4.74. The fourth-order valence-electron chi connectivity index (χ4n) is 1.81. The molecule has 0 N–H and O–H groups in total. The van der Waals surface area contributed by atoms with E-state index in [0.717, 1.165) is 22.8 Å². The Morgan fingerprint density at radius 1 is 1.00 bits per heavy atom. The van der Waals surface area contributed by atoms with Crippen LogP contribution in [0.25, 0.3) is 0 Å². The second-order valence-corrected chi connectivity index (χ2v) is 4.74. The molecule has 0 bridgehead atoms. The summed E-state index contributed by atoms with van der Waals surface area (Å²) in [5, 5.41) is 8.61. The Morgan fingerprint density at radius 3 is 2.26 bits per heavy atom. The minimum atomic E-state index is 0.855. The molecular formula is C15H19N4+. The van der Waals surface area contributed by atoms with Gasteiger partial charge in [-0.25, -0.2) is 4.57 Å². The summed E-state index contributed by atoms with van der Waals surface area (Å²) in [6, 6.07) is 12.0. The second kappa shape index (κ2) is 5.61. The molecule has 0 aliphatic rings. The highest BCUT2D eigenvalue weighted by molar-refractivity contribution is 5.51. The number of rotatable bonds is 3. The van der Waals surface area contributed by atoms with E-state index in [9.17, 15) is 0 Å². The minimum absolute atomic E-state index is 0.855. The lowest BCUT2D eigenvalue weighted by atomic mass is 10.3. The summed E-state index contributed by atoms with van der Waals surface area (Å²) in [7, 11) is 6.00. The molecule has 0 saturated heterocycles. The van der Waals surface area contributed by atoms with Crippen LogP contribution in [0.1, 0.15) is 5.56 Å². The van der Waals surface area contributed by atoms with E-state index >= 15 is 0 Å². The van der Waals surface area contributed by atoms with Crippen LogP contribution in [0.15, 0.2) is 52.8 Å². The van der Waals surface area contributed by atoms with Crippen LogP contribution < -0.4 is 9.47 Å². The quantitative estimate of drug-likeness (QED) is 0.611. The number of azo groups is 1. The van der Waals surface area contributed by atoms with E-state index in [1.54, 1.807) is 0 Å². The first-order valence-corrected chi connectivity index (χ1v) is 6.22. The van der Waals surface area contributed by atoms with Crippen LogP contribution in [0.5, 0.6) is 0 Å². The number of aryl methyl sites for hydroxylation is 2. The van der Waals surface area contributed by atoms with Crippen LogP contribution in [0.3, 0.4) is 0 Å². The molecule has 98 valence electrons. The summed E-state index contributed by atoms with van der Waals surface area (Å²) in [5.74, 6) is 0.874. The Labute approximate surface area is 114 Å². The summed E-state index contributed by atoms with van der Waals surface area (Å²) < 4.78 is 1.97. The Balaban J connectivity index is 2.23. The van der Waals surface area contributed by atoms with Crippen molar-refractivity contribution in [1.29, 1.82) is 0 Å². The number of hydrogen-bond donors (Lipinski definition) is 0. The zero-order valence-electron chi connectivity index (χ0n) is 11.8. The number of aromatic nitrogens is 1. The molecule has 2 rings (SSSR count). The molecular weight excluding hydrogens is 236 g/mol. The van der Waals surface area contributed by atoms with E-state index < -0.39 is 0 Å². The van der Waals surface area contributed by atoms with E-state index in [-0.39, 0.29) is 0 Å². The number of pyridine rings is 1. The third kappa shape index (κ3) is 3.16. The van der Waals surface area contributed by atoms with Gasteiger partial charge in [0.15, 0.2) is 0 Å². The molecule has 1 heterocycles. The van der Waals surface area contributed by atoms with Crippen molar-refractivity contribution in [1.82, 2.24) is 0 Å². The Hall–Kier alpha value is -2.23. The molecule has 4 nitrogen and oxygen atoms in total. The minimum Gasteiger partial charge on any atom is -0.378 e. The predicted molar refractivity (Wildman–Crippen MR) is 77.3 cm³/mol. The largest absolute Gasteiger partial charge is 0.378 e. The number of benzene rings is 1. The molecule has 1 aromatic carbocycles. The van der Waals surface area contributed by atoms with E-state index in [4.69, 9.17) is 0 Å². The van der Waals surface area contributed by atoms with Crippen LogP contribution in [-0.4, -0.2) is 14.1 Å². The van der Waals surface area contributed by atoms with Crippen molar-refractivity contribution in [2.45, 2.75) is 6.92 Å². The fraction of sp³-hybridized carbons (Fsp3) is 0.267. The molecule has 0 atom stereocenters. The molecule has 0 spiro atoms. The van der Waals surface area contributed by atoms with Crippen molar-refractivity contribution >= 4 is 17.2 Å². The topological polar surface area (TPSA) is 31.8 Å². The molecule has 19 heavy (non-hydrogen) atoms. The molecule has 0 saturated carbocycles. The highest BCUT2D eigenvalue weighted by Crippen LogP contribution is 2.21. The number of hydrogen-bond acceptors (Lipinski definition) is 3. The Bertz CT molecular complexity index is 565. The van der Waals surface area contributed by atoms with Crippen molar-refractivity contribution in [2.75, 3.05) is 19.0 Å². The standard InChI is InChI=1S/C15H19N4/c1-12-6-5-11-19(4)15(12)17-16-13-7-9-14(10-8-13)18(2)3/h5-11H,1-4H3/q+1. The fourth-order valence-corrected chi connectivity index (χ4v) is 1.81. The Kier molecular flexibility index (Phi) is 3.90. The molecule has 1 aromatic heterocycles. The van der Waals surface area contributed by atoms with E-state index in [1.165, 1.54) is 0 Å². The highest BCUT2D eigenvalue weighted by atomic mass is 15.2. The lowest BCUT2D eigenvalue weighted by molar-refractivity contribution is -0.658. The van der Waals surface area contributed by atoms with Gasteiger partial charge in [0.25, 0.3) is 0 Å². The van der Waals surface area contributed by atoms with Gasteiger partial charge in [-0.3, -0.25) is 0 Å². The van der Waals surface area contributed by atoms with Gasteiger partial charge in [-0.1, -0.05) is 0 Å². The molecule has 0 fully saturated rings. The maximum absolute atomic E-state index is 4.32. The van der Waals surface area contributed by atoms with Gasteiger partial charge in [-0.2, -0.15) is 0 Å². The predicted octanol–water partition coefficient (Wildman–Crippen LogP) is 3.30. The SMILES string of the molecule is Cc1ccc[n+](C)c1N=Nc1ccc(N(C)C)cc1. The van der Waals surface area contributed by atoms with Crippen molar-refractivity contribution in [3.05, 3.63) is 48.2 Å². The van der Waals surface area contributed by atoms with Crippen LogP contribution in [0.4, 0.5) is 17.2 Å². The molecule has 0 radical (unpaired) electrons. The van der Waals surface area contributed by atoms with E-state index in [1.807, 2.05) is 75.2 Å². The number of nitrogens with zero attached hydrogens (tertiary/aromatic N) is 4. The first-order chi connectivity index (χ1) is 9.08. The lowest BCUT2D eigenvalue weighted by Gasteiger charge is -2.11. The summed E-state index contributed by atoms with van der Waals surface area (Å²) in [4.78, 5) is 2.06. The van der Waals surface area contributed by atoms with Gasteiger partial charge in [0.05, 0.1) is 18.4 Å². The summed E-state index contributed by atoms with van der Waals surface area (Å²) in [6.07, 6.45) is 1.97. The third-order valence-electron chi connectivity index (χ3n) is 2.97. The zero-order chi connectivity index (χ0) is 13.8. The van der Waals surface area contributed by atoms with Crippen LogP contribution >= 0.6 is 0 Å². The maximum Gasteiger partial charge on any atom is 0.353 e. The molecule has 0 aliphatic heterocycles. The molecule has 2 aromatic rings. The Morgan fingerprint density at radius 2 is 1.68 bits per heavy atom. The van der Waals surface area contributed by atoms with Gasteiger partial charge in [0.2, 0.25) is 0 Å². The van der Waals surface area contributed by atoms with Gasteiger partial charge in [-0.05, 0) is 48.4 Å². The van der Waals surface area contributed by atoms with Crippen molar-refractivity contribution in [2.24, 2.45) is 17.3 Å². The third-order valence-corrected chi connectivity index (χ3v) is 2.97. The van der Waals surface area contributed by atoms with Gasteiger partial charge in [0, 0.05) is 25.3 Å². The number of anilines is 1. The van der Waals surface area contributed by atoms with Gasteiger partial charge in [-0.15, -0.1) is 0 Å². The summed E-state index contributed by atoms with van der Waals surface area (Å²) in [6.45, 7) is 2.03. The van der Waals surface area contributed by atoms with Crippen molar-refractivity contribution in [3.63, 3.8) is 0 Å². The summed E-state index contributed by atoms with van der Waals surface area (Å²) >= 11 is 0. The smallest absolute Gasteiger partial charge is 0.353 e. The van der Waals surface area contributed by atoms with E-state index in [0.29, 0.717) is 0 Å². The first-order valence-electron chi connectivity index (χ1n) is 6.22. The van der Waals surface area contributed by atoms with Crippen LogP contribution in [0.2, 0.25) is 0 Å². The highest BCUT2D eigenvalue weighted by Gasteiger charge is 2.09.